The van der Waals surface area contributed by atoms with Gasteiger partial charge < -0.3 is 10.2 Å². The Balaban J connectivity index is 0.000000217. The molecule has 0 radical (unpaired) electrons. The Hall–Kier alpha value is -4.89. The topological polar surface area (TPSA) is 123 Å². The van der Waals surface area contributed by atoms with Crippen molar-refractivity contribution in [1.29, 1.82) is 0 Å². The number of fused-ring (bicyclic) bond motifs is 1. The first-order valence-corrected chi connectivity index (χ1v) is 12.5. The minimum absolute atomic E-state index is 0.122. The van der Waals surface area contributed by atoms with E-state index in [1.165, 1.54) is 6.21 Å². The number of phenolic OH excluding ortho intramolecular Hbond substituents is 1. The Morgan fingerprint density at radius 2 is 1.23 bits per heavy atom. The number of hydroxylamine groups is 1. The molecule has 0 fully saturated rings. The van der Waals surface area contributed by atoms with E-state index in [1.54, 1.807) is 78.9 Å². The van der Waals surface area contributed by atoms with Crippen LogP contribution in [0.3, 0.4) is 0 Å². The van der Waals surface area contributed by atoms with Gasteiger partial charge in [-0.25, -0.2) is 0 Å². The molecule has 5 rings (SSSR count). The molecule has 0 unspecified atom stereocenters. The van der Waals surface area contributed by atoms with E-state index in [1.807, 2.05) is 48.5 Å². The Morgan fingerprint density at radius 3 is 1.85 bits per heavy atom. The fraction of sp³-hybridized carbons (Fsp3) is 0. The van der Waals surface area contributed by atoms with Gasteiger partial charge in [-0.15, -0.1) is 5.10 Å². The van der Waals surface area contributed by atoms with Crippen molar-refractivity contribution in [3.8, 4) is 5.75 Å². The Kier molecular flexibility index (Phi) is 11.5. The van der Waals surface area contributed by atoms with Crippen molar-refractivity contribution in [2.45, 2.75) is 0 Å². The first-order chi connectivity index (χ1) is 19.5. The number of hydrogen-bond acceptors (Lipinski definition) is 6. The van der Waals surface area contributed by atoms with E-state index in [-0.39, 0.29) is 11.6 Å². The first-order valence-electron chi connectivity index (χ1n) is 11.9. The average molecular weight is 571 g/mol. The number of amides is 1. The summed E-state index contributed by atoms with van der Waals surface area (Å²) in [7, 11) is 0. The predicted octanol–water partition coefficient (Wildman–Crippen LogP) is 6.49. The van der Waals surface area contributed by atoms with Crippen molar-refractivity contribution in [3.05, 3.63) is 144 Å². The van der Waals surface area contributed by atoms with Crippen LogP contribution in [0.5, 0.6) is 5.75 Å². The van der Waals surface area contributed by atoms with Crippen LogP contribution in [0.25, 0.3) is 10.8 Å². The molecule has 0 aliphatic heterocycles. The number of phenols is 1. The molecule has 0 saturated heterocycles. The Bertz CT molecular complexity index is 1580. The number of para-hydroxylation sites is 1. The third-order valence-electron chi connectivity index (χ3n) is 5.53. The van der Waals surface area contributed by atoms with Crippen LogP contribution in [0.4, 0.5) is 5.69 Å². The number of anilines is 1. The zero-order valence-electron chi connectivity index (χ0n) is 21.1. The fourth-order valence-corrected chi connectivity index (χ4v) is 3.60. The molecule has 0 aromatic heterocycles. The van der Waals surface area contributed by atoms with Gasteiger partial charge in [0.25, 0.3) is 5.91 Å². The zero-order chi connectivity index (χ0) is 28.7. The van der Waals surface area contributed by atoms with Gasteiger partial charge in [0.2, 0.25) is 5.90 Å². The van der Waals surface area contributed by atoms with E-state index in [4.69, 9.17) is 3.67 Å². The maximum absolute atomic E-state index is 11.8. The van der Waals surface area contributed by atoms with Crippen LogP contribution in [0, 0.1) is 0 Å². The molecule has 0 bridgehead atoms. The number of rotatable bonds is 5. The fourth-order valence-electron chi connectivity index (χ4n) is 3.60. The summed E-state index contributed by atoms with van der Waals surface area (Å²) in [5.41, 5.74) is 2.06. The molecule has 0 saturated carbocycles. The SMILES string of the molecule is O/C(=N\N=C\c1c(O)ccc2ccccc12)c1ccccc1.O=C(c1ccccc1)N(O)c1ccccc1.[O]=[V]. The van der Waals surface area contributed by atoms with Crippen molar-refractivity contribution in [2.24, 2.45) is 10.2 Å². The first kappa shape index (κ1) is 29.7. The molecular formula is C31H25N3O5V. The summed E-state index contributed by atoms with van der Waals surface area (Å²) in [5.74, 6) is -0.486. The van der Waals surface area contributed by atoms with Gasteiger partial charge in [-0.2, -0.15) is 10.2 Å². The molecule has 40 heavy (non-hydrogen) atoms. The van der Waals surface area contributed by atoms with Gasteiger partial charge >= 0.3 is 21.0 Å². The predicted molar refractivity (Wildman–Crippen MR) is 151 cm³/mol. The summed E-state index contributed by atoms with van der Waals surface area (Å²) in [6.45, 7) is 0. The van der Waals surface area contributed by atoms with E-state index in [9.17, 15) is 20.2 Å². The summed E-state index contributed by atoms with van der Waals surface area (Å²) in [6.07, 6.45) is 1.44. The molecule has 0 heterocycles. The van der Waals surface area contributed by atoms with Gasteiger partial charge in [-0.05, 0) is 53.2 Å². The molecule has 199 valence electrons. The maximum atomic E-state index is 11.8. The van der Waals surface area contributed by atoms with Gasteiger partial charge in [0.05, 0.1) is 11.9 Å². The van der Waals surface area contributed by atoms with E-state index < -0.39 is 5.91 Å². The number of carbonyl (C=O) groups excluding carboxylic acids is 1. The zero-order valence-corrected chi connectivity index (χ0v) is 22.5. The molecule has 1 amide bonds. The van der Waals surface area contributed by atoms with E-state index in [2.05, 4.69) is 10.2 Å². The van der Waals surface area contributed by atoms with Crippen LogP contribution >= 0.6 is 0 Å². The van der Waals surface area contributed by atoms with Gasteiger partial charge in [-0.3, -0.25) is 10.0 Å². The number of hydrogen-bond donors (Lipinski definition) is 3. The van der Waals surface area contributed by atoms with E-state index in [0.717, 1.165) is 28.1 Å². The van der Waals surface area contributed by atoms with Gasteiger partial charge in [0, 0.05) is 16.7 Å². The van der Waals surface area contributed by atoms with Crippen LogP contribution in [-0.4, -0.2) is 33.4 Å². The molecule has 0 aliphatic carbocycles. The molecule has 9 heteroatoms. The molecule has 3 N–H and O–H groups in total. The number of benzene rings is 5. The van der Waals surface area contributed by atoms with Crippen molar-refractivity contribution >= 4 is 34.5 Å². The van der Waals surface area contributed by atoms with Gasteiger partial charge in [0.1, 0.15) is 5.75 Å². The van der Waals surface area contributed by atoms with Crippen LogP contribution < -0.4 is 5.06 Å². The Morgan fingerprint density at radius 1 is 0.700 bits per heavy atom. The third kappa shape index (κ3) is 8.05. The van der Waals surface area contributed by atoms with E-state index >= 15 is 0 Å². The number of aromatic hydroxyl groups is 1. The normalized spacial score (nSPS) is 10.7. The summed E-state index contributed by atoms with van der Waals surface area (Å²) in [4.78, 5) is 11.8. The number of carbonyl (C=O) groups is 1. The van der Waals surface area contributed by atoms with Crippen molar-refractivity contribution in [2.75, 3.05) is 5.06 Å². The molecule has 0 aliphatic rings. The minimum atomic E-state index is -0.438. The second-order valence-electron chi connectivity index (χ2n) is 8.07. The molecule has 5 aromatic carbocycles. The quantitative estimate of drug-likeness (QED) is 0.0966. The van der Waals surface area contributed by atoms with Crippen LogP contribution in [0.1, 0.15) is 21.5 Å². The molecule has 8 nitrogen and oxygen atoms in total. The molecule has 0 spiro atoms. The average Bonchev–Trinajstić information content (AvgIpc) is 3.04. The van der Waals surface area contributed by atoms with Crippen LogP contribution in [0.2, 0.25) is 0 Å². The van der Waals surface area contributed by atoms with Gasteiger partial charge in [-0.1, -0.05) is 84.9 Å². The number of aliphatic hydroxyl groups is 1. The molecule has 0 atom stereocenters. The third-order valence-corrected chi connectivity index (χ3v) is 5.53. The second kappa shape index (κ2) is 15.5. The number of aliphatic hydroxyl groups excluding tert-OH is 1. The van der Waals surface area contributed by atoms with Crippen LogP contribution in [0.15, 0.2) is 138 Å². The monoisotopic (exact) mass is 570 g/mol. The Labute approximate surface area is 240 Å². The summed E-state index contributed by atoms with van der Waals surface area (Å²) >= 11 is 1.06. The standard InChI is InChI=1S/C18H14N2O2.C13H11NO2.O.V/c21-17-11-10-13-6-4-5-9-15(13)16(17)12-19-20-18(22)14-7-2-1-3-8-14;15-13(11-7-3-1-4-8-11)14(16)12-9-5-2-6-10-12;;/h1-12,21H,(H,20,22);1-10,16H;;/b19-12+;;;. The van der Waals surface area contributed by atoms with E-state index in [0.29, 0.717) is 27.4 Å². The van der Waals surface area contributed by atoms with Crippen LogP contribution in [-0.2, 0) is 21.0 Å². The number of nitrogens with zero attached hydrogens (tertiary/aromatic N) is 3. The van der Waals surface area contributed by atoms with Crippen molar-refractivity contribution in [3.63, 3.8) is 0 Å². The summed E-state index contributed by atoms with van der Waals surface area (Å²) < 4.78 is 8.19. The summed E-state index contributed by atoms with van der Waals surface area (Å²) in [5, 5.41) is 39.7. The second-order valence-corrected chi connectivity index (χ2v) is 8.07. The van der Waals surface area contributed by atoms with Gasteiger partial charge in [0.15, 0.2) is 0 Å². The van der Waals surface area contributed by atoms with Crippen molar-refractivity contribution in [1.82, 2.24) is 0 Å². The molecule has 5 aromatic rings. The van der Waals surface area contributed by atoms with Crippen molar-refractivity contribution < 1.29 is 41.3 Å². The summed E-state index contributed by atoms with van der Waals surface area (Å²) in [6, 6.07) is 37.4. The molecular weight excluding hydrogens is 545 g/mol.